The average molecular weight is 307 g/mol. The maximum absolute atomic E-state index is 12.6. The summed E-state index contributed by atoms with van der Waals surface area (Å²) in [5.74, 6) is 1.20. The fourth-order valence-electron chi connectivity index (χ4n) is 3.04. The lowest BCUT2D eigenvalue weighted by Gasteiger charge is -2.22. The third kappa shape index (κ3) is 2.23. The first-order chi connectivity index (χ1) is 11.1. The van der Waals surface area contributed by atoms with Crippen molar-refractivity contribution in [2.24, 2.45) is 0 Å². The van der Waals surface area contributed by atoms with E-state index in [4.69, 9.17) is 0 Å². The van der Waals surface area contributed by atoms with E-state index in [9.17, 15) is 4.79 Å². The SMILES string of the molecule is Cc1ccc(NC(=O)c2c[nH]c3c2-c2nccn2[C@H](C)C3)nc1. The molecule has 0 unspecified atom stereocenters. The Morgan fingerprint density at radius 2 is 2.26 bits per heavy atom. The normalized spacial score (nSPS) is 15.8. The predicted octanol–water partition coefficient (Wildman–Crippen LogP) is 2.95. The van der Waals surface area contributed by atoms with E-state index in [1.807, 2.05) is 19.2 Å². The Hall–Kier alpha value is -2.89. The average Bonchev–Trinajstić information content (AvgIpc) is 3.15. The van der Waals surface area contributed by atoms with Gasteiger partial charge >= 0.3 is 0 Å². The summed E-state index contributed by atoms with van der Waals surface area (Å²) in [5, 5.41) is 2.85. The molecular weight excluding hydrogens is 290 g/mol. The van der Waals surface area contributed by atoms with Crippen LogP contribution in [-0.2, 0) is 6.42 Å². The molecule has 2 N–H and O–H groups in total. The molecule has 23 heavy (non-hydrogen) atoms. The first kappa shape index (κ1) is 13.8. The van der Waals surface area contributed by atoms with Crippen molar-refractivity contribution >= 4 is 11.7 Å². The summed E-state index contributed by atoms with van der Waals surface area (Å²) >= 11 is 0. The van der Waals surface area contributed by atoms with Gasteiger partial charge in [0.1, 0.15) is 11.6 Å². The number of H-pyrrole nitrogens is 1. The smallest absolute Gasteiger partial charge is 0.259 e. The number of anilines is 1. The third-order valence-electron chi connectivity index (χ3n) is 4.23. The Balaban J connectivity index is 1.70. The molecule has 0 saturated carbocycles. The number of fused-ring (bicyclic) bond motifs is 3. The second-order valence-corrected chi connectivity index (χ2v) is 5.94. The largest absolute Gasteiger partial charge is 0.364 e. The molecule has 6 nitrogen and oxygen atoms in total. The van der Waals surface area contributed by atoms with Gasteiger partial charge in [-0.05, 0) is 25.5 Å². The molecule has 0 spiro atoms. The van der Waals surface area contributed by atoms with Gasteiger partial charge in [-0.3, -0.25) is 4.79 Å². The van der Waals surface area contributed by atoms with Gasteiger partial charge in [0.05, 0.1) is 11.1 Å². The summed E-state index contributed by atoms with van der Waals surface area (Å²) in [6.45, 7) is 4.10. The van der Waals surface area contributed by atoms with Crippen LogP contribution in [0.2, 0.25) is 0 Å². The Morgan fingerprint density at radius 1 is 1.39 bits per heavy atom. The molecule has 0 aliphatic carbocycles. The second-order valence-electron chi connectivity index (χ2n) is 5.94. The highest BCUT2D eigenvalue weighted by atomic mass is 16.1. The van der Waals surface area contributed by atoms with Crippen LogP contribution in [0.5, 0.6) is 0 Å². The fraction of sp³-hybridized carbons (Fsp3) is 0.235. The van der Waals surface area contributed by atoms with E-state index in [-0.39, 0.29) is 5.91 Å². The minimum absolute atomic E-state index is 0.178. The van der Waals surface area contributed by atoms with Crippen molar-refractivity contribution < 1.29 is 4.79 Å². The fourth-order valence-corrected chi connectivity index (χ4v) is 3.04. The molecule has 3 aromatic rings. The zero-order valence-electron chi connectivity index (χ0n) is 13.0. The maximum atomic E-state index is 12.6. The molecule has 0 aromatic carbocycles. The van der Waals surface area contributed by atoms with Crippen LogP contribution in [0.3, 0.4) is 0 Å². The van der Waals surface area contributed by atoms with Crippen LogP contribution in [0.25, 0.3) is 11.4 Å². The van der Waals surface area contributed by atoms with Crippen molar-refractivity contribution in [3.05, 3.63) is 53.7 Å². The van der Waals surface area contributed by atoms with E-state index in [2.05, 4.69) is 31.8 Å². The number of imidazole rings is 1. The molecule has 0 bridgehead atoms. The highest BCUT2D eigenvalue weighted by molar-refractivity contribution is 6.08. The van der Waals surface area contributed by atoms with Crippen molar-refractivity contribution in [3.63, 3.8) is 0 Å². The Kier molecular flexibility index (Phi) is 3.04. The number of nitrogens with zero attached hydrogens (tertiary/aromatic N) is 3. The quantitative estimate of drug-likeness (QED) is 0.764. The molecule has 0 saturated heterocycles. The topological polar surface area (TPSA) is 75.6 Å². The summed E-state index contributed by atoms with van der Waals surface area (Å²) in [7, 11) is 0. The lowest BCUT2D eigenvalue weighted by atomic mass is 10.0. The van der Waals surface area contributed by atoms with Gasteiger partial charge in [-0.2, -0.15) is 0 Å². The molecule has 1 amide bonds. The molecular formula is C17H17N5O. The van der Waals surface area contributed by atoms with Gasteiger partial charge in [-0.1, -0.05) is 6.07 Å². The summed E-state index contributed by atoms with van der Waals surface area (Å²) in [6, 6.07) is 4.05. The monoisotopic (exact) mass is 307 g/mol. The number of carbonyl (C=O) groups excluding carboxylic acids is 1. The van der Waals surface area contributed by atoms with Gasteiger partial charge in [-0.25, -0.2) is 9.97 Å². The second kappa shape index (κ2) is 5.08. The van der Waals surface area contributed by atoms with E-state index in [1.165, 1.54) is 0 Å². The van der Waals surface area contributed by atoms with Crippen LogP contribution in [0.4, 0.5) is 5.82 Å². The molecule has 6 heteroatoms. The van der Waals surface area contributed by atoms with Crippen LogP contribution in [0, 0.1) is 6.92 Å². The van der Waals surface area contributed by atoms with Gasteiger partial charge in [0.25, 0.3) is 5.91 Å². The van der Waals surface area contributed by atoms with Gasteiger partial charge in [0, 0.05) is 42.9 Å². The van der Waals surface area contributed by atoms with E-state index < -0.39 is 0 Å². The third-order valence-corrected chi connectivity index (χ3v) is 4.23. The summed E-state index contributed by atoms with van der Waals surface area (Å²) in [4.78, 5) is 24.5. The van der Waals surface area contributed by atoms with Crippen LogP contribution in [0.15, 0.2) is 36.9 Å². The highest BCUT2D eigenvalue weighted by Gasteiger charge is 2.28. The highest BCUT2D eigenvalue weighted by Crippen LogP contribution is 2.35. The summed E-state index contributed by atoms with van der Waals surface area (Å²) < 4.78 is 2.11. The maximum Gasteiger partial charge on any atom is 0.259 e. The lowest BCUT2D eigenvalue weighted by Crippen LogP contribution is -2.18. The number of aromatic nitrogens is 4. The van der Waals surface area contributed by atoms with E-state index >= 15 is 0 Å². The van der Waals surface area contributed by atoms with Crippen LogP contribution < -0.4 is 5.32 Å². The van der Waals surface area contributed by atoms with E-state index in [1.54, 1.807) is 24.7 Å². The molecule has 1 aliphatic rings. The van der Waals surface area contributed by atoms with Gasteiger partial charge < -0.3 is 14.9 Å². The Labute approximate surface area is 133 Å². The van der Waals surface area contributed by atoms with Gasteiger partial charge in [0.2, 0.25) is 0 Å². The van der Waals surface area contributed by atoms with Crippen LogP contribution >= 0.6 is 0 Å². The van der Waals surface area contributed by atoms with E-state index in [0.29, 0.717) is 17.4 Å². The molecule has 1 atom stereocenters. The van der Waals surface area contributed by atoms with Crippen molar-refractivity contribution in [1.29, 1.82) is 0 Å². The number of nitrogens with one attached hydrogen (secondary N) is 2. The Bertz CT molecular complexity index is 875. The van der Waals surface area contributed by atoms with Gasteiger partial charge in [0.15, 0.2) is 0 Å². The molecule has 4 rings (SSSR count). The number of rotatable bonds is 2. The van der Waals surface area contributed by atoms with Crippen molar-refractivity contribution in [1.82, 2.24) is 19.5 Å². The summed E-state index contributed by atoms with van der Waals surface area (Å²) in [5.41, 5.74) is 3.59. The van der Waals surface area contributed by atoms with Gasteiger partial charge in [-0.15, -0.1) is 0 Å². The van der Waals surface area contributed by atoms with E-state index in [0.717, 1.165) is 29.1 Å². The standard InChI is InChI=1S/C17H17N5O/c1-10-3-4-14(20-8-10)21-17(23)12-9-19-13-7-11(2)22-6-5-18-16(22)15(12)13/h3-6,8-9,11,19H,7H2,1-2H3,(H,20,21,23)/t11-/m1/s1. The summed E-state index contributed by atoms with van der Waals surface area (Å²) in [6.07, 6.45) is 8.08. The number of hydrogen-bond acceptors (Lipinski definition) is 3. The molecule has 0 radical (unpaired) electrons. The first-order valence-corrected chi connectivity index (χ1v) is 7.61. The number of amides is 1. The minimum atomic E-state index is -0.178. The Morgan fingerprint density at radius 3 is 3.04 bits per heavy atom. The number of pyridine rings is 1. The number of aryl methyl sites for hydroxylation is 1. The van der Waals surface area contributed by atoms with Crippen LogP contribution in [-0.4, -0.2) is 25.4 Å². The number of carbonyl (C=O) groups is 1. The predicted molar refractivity (Wildman–Crippen MR) is 87.4 cm³/mol. The zero-order valence-corrected chi connectivity index (χ0v) is 13.0. The number of aromatic amines is 1. The van der Waals surface area contributed by atoms with Crippen molar-refractivity contribution in [2.75, 3.05) is 5.32 Å². The van der Waals surface area contributed by atoms with Crippen molar-refractivity contribution in [3.8, 4) is 11.4 Å². The lowest BCUT2D eigenvalue weighted by molar-refractivity contribution is 0.102. The zero-order chi connectivity index (χ0) is 16.0. The van der Waals surface area contributed by atoms with Crippen molar-refractivity contribution in [2.45, 2.75) is 26.3 Å². The first-order valence-electron chi connectivity index (χ1n) is 7.61. The van der Waals surface area contributed by atoms with Crippen LogP contribution in [0.1, 0.15) is 34.6 Å². The molecule has 3 aromatic heterocycles. The molecule has 0 fully saturated rings. The molecule has 116 valence electrons. The number of hydrogen-bond donors (Lipinski definition) is 2. The minimum Gasteiger partial charge on any atom is -0.364 e. The molecule has 1 aliphatic heterocycles. The molecule has 4 heterocycles.